The highest BCUT2D eigenvalue weighted by Gasteiger charge is 2.13. The van der Waals surface area contributed by atoms with Crippen LogP contribution in [0.15, 0.2) is 29.2 Å². The molecule has 0 amide bonds. The first-order chi connectivity index (χ1) is 7.15. The molecule has 5 heteroatoms. The van der Waals surface area contributed by atoms with Crippen LogP contribution in [-0.2, 0) is 0 Å². The molecular formula is C10H12BrNO2S. The molecule has 0 spiro atoms. The van der Waals surface area contributed by atoms with E-state index in [1.807, 2.05) is 6.07 Å². The van der Waals surface area contributed by atoms with E-state index in [2.05, 4.69) is 22.9 Å². The lowest BCUT2D eigenvalue weighted by atomic mass is 10.3. The summed E-state index contributed by atoms with van der Waals surface area (Å²) in [4.78, 5) is 11.1. The van der Waals surface area contributed by atoms with Crippen molar-refractivity contribution in [1.29, 1.82) is 0 Å². The van der Waals surface area contributed by atoms with Gasteiger partial charge in [-0.2, -0.15) is 0 Å². The SMILES string of the molecule is CC(CBr)CSc1ccccc1[N+](=O)[O-]. The number of benzene rings is 1. The number of hydrogen-bond acceptors (Lipinski definition) is 3. The van der Waals surface area contributed by atoms with Crippen molar-refractivity contribution in [1.82, 2.24) is 0 Å². The summed E-state index contributed by atoms with van der Waals surface area (Å²) in [5.74, 6) is 1.39. The molecule has 0 radical (unpaired) electrons. The predicted octanol–water partition coefficient (Wildman–Crippen LogP) is 3.72. The molecule has 0 fully saturated rings. The standard InChI is InChI=1S/C10H12BrNO2S/c1-8(6-11)7-15-10-5-3-2-4-9(10)12(13)14/h2-5,8H,6-7H2,1H3. The van der Waals surface area contributed by atoms with Crippen LogP contribution in [0.5, 0.6) is 0 Å². The fourth-order valence-corrected chi connectivity index (χ4v) is 2.59. The Hall–Kier alpha value is -0.550. The summed E-state index contributed by atoms with van der Waals surface area (Å²) in [6.45, 7) is 2.11. The van der Waals surface area contributed by atoms with Gasteiger partial charge in [0.2, 0.25) is 0 Å². The zero-order valence-corrected chi connectivity index (χ0v) is 10.8. The molecule has 1 rings (SSSR count). The number of para-hydroxylation sites is 1. The first-order valence-corrected chi connectivity index (χ1v) is 6.68. The van der Waals surface area contributed by atoms with Crippen molar-refractivity contribution in [3.05, 3.63) is 34.4 Å². The molecule has 15 heavy (non-hydrogen) atoms. The molecule has 0 bridgehead atoms. The number of thioether (sulfide) groups is 1. The number of nitrogens with zero attached hydrogens (tertiary/aromatic N) is 1. The van der Waals surface area contributed by atoms with Crippen molar-refractivity contribution in [2.45, 2.75) is 11.8 Å². The third kappa shape index (κ3) is 3.83. The van der Waals surface area contributed by atoms with Crippen LogP contribution in [0, 0.1) is 16.0 Å². The van der Waals surface area contributed by atoms with E-state index >= 15 is 0 Å². The number of hydrogen-bond donors (Lipinski definition) is 0. The van der Waals surface area contributed by atoms with Gasteiger partial charge < -0.3 is 0 Å². The van der Waals surface area contributed by atoms with Crippen LogP contribution in [0.3, 0.4) is 0 Å². The number of halogens is 1. The van der Waals surface area contributed by atoms with Crippen LogP contribution in [0.2, 0.25) is 0 Å². The van der Waals surface area contributed by atoms with Crippen molar-refractivity contribution in [2.24, 2.45) is 5.92 Å². The fourth-order valence-electron chi connectivity index (χ4n) is 1.01. The molecule has 1 aromatic rings. The summed E-state index contributed by atoms with van der Waals surface area (Å²) in [6.07, 6.45) is 0. The summed E-state index contributed by atoms with van der Waals surface area (Å²) in [5, 5.41) is 11.6. The van der Waals surface area contributed by atoms with Crippen LogP contribution in [0.25, 0.3) is 0 Å². The Kier molecular flexibility index (Phi) is 5.11. The Balaban J connectivity index is 2.72. The monoisotopic (exact) mass is 289 g/mol. The van der Waals surface area contributed by atoms with E-state index in [9.17, 15) is 10.1 Å². The minimum atomic E-state index is -0.332. The Morgan fingerprint density at radius 3 is 2.80 bits per heavy atom. The van der Waals surface area contributed by atoms with Crippen LogP contribution < -0.4 is 0 Å². The maximum atomic E-state index is 10.7. The molecule has 1 aromatic carbocycles. The van der Waals surface area contributed by atoms with Crippen molar-refractivity contribution >= 4 is 33.4 Å². The molecule has 82 valence electrons. The third-order valence-electron chi connectivity index (χ3n) is 1.85. The van der Waals surface area contributed by atoms with Gasteiger partial charge in [0, 0.05) is 17.1 Å². The molecule has 0 N–H and O–H groups in total. The lowest BCUT2D eigenvalue weighted by Gasteiger charge is -2.06. The van der Waals surface area contributed by atoms with Gasteiger partial charge in [-0.25, -0.2) is 0 Å². The number of nitro groups is 1. The molecule has 0 aliphatic rings. The number of rotatable bonds is 5. The van der Waals surface area contributed by atoms with Gasteiger partial charge in [0.25, 0.3) is 5.69 Å². The van der Waals surface area contributed by atoms with Gasteiger partial charge in [0.15, 0.2) is 0 Å². The molecule has 0 aromatic heterocycles. The first kappa shape index (κ1) is 12.5. The lowest BCUT2D eigenvalue weighted by molar-refractivity contribution is -0.387. The molecule has 0 saturated heterocycles. The van der Waals surface area contributed by atoms with E-state index in [0.29, 0.717) is 5.92 Å². The molecule has 0 heterocycles. The highest BCUT2D eigenvalue weighted by atomic mass is 79.9. The second-order valence-corrected chi connectivity index (χ2v) is 5.00. The quantitative estimate of drug-likeness (QED) is 0.359. The molecule has 1 atom stereocenters. The topological polar surface area (TPSA) is 43.1 Å². The smallest absolute Gasteiger partial charge is 0.258 e. The van der Waals surface area contributed by atoms with Gasteiger partial charge in [-0.1, -0.05) is 35.0 Å². The van der Waals surface area contributed by atoms with Crippen molar-refractivity contribution in [3.8, 4) is 0 Å². The Morgan fingerprint density at radius 2 is 2.20 bits per heavy atom. The number of alkyl halides is 1. The van der Waals surface area contributed by atoms with Gasteiger partial charge in [-0.05, 0) is 12.0 Å². The van der Waals surface area contributed by atoms with Gasteiger partial charge in [0.05, 0.1) is 9.82 Å². The average molecular weight is 290 g/mol. The Bertz CT molecular complexity index is 346. The maximum absolute atomic E-state index is 10.7. The van der Waals surface area contributed by atoms with Gasteiger partial charge in [-0.15, -0.1) is 11.8 Å². The predicted molar refractivity (Wildman–Crippen MR) is 66.8 cm³/mol. The maximum Gasteiger partial charge on any atom is 0.282 e. The van der Waals surface area contributed by atoms with Crippen LogP contribution in [0.1, 0.15) is 6.92 Å². The Morgan fingerprint density at radius 1 is 1.53 bits per heavy atom. The van der Waals surface area contributed by atoms with Crippen LogP contribution >= 0.6 is 27.7 Å². The molecule has 0 aliphatic carbocycles. The summed E-state index contributed by atoms with van der Waals surface area (Å²) >= 11 is 4.92. The van der Waals surface area contributed by atoms with Crippen molar-refractivity contribution < 1.29 is 4.92 Å². The zero-order valence-electron chi connectivity index (χ0n) is 8.35. The van der Waals surface area contributed by atoms with E-state index in [4.69, 9.17) is 0 Å². The second kappa shape index (κ2) is 6.12. The average Bonchev–Trinajstić information content (AvgIpc) is 2.26. The first-order valence-electron chi connectivity index (χ1n) is 4.57. The van der Waals surface area contributed by atoms with Crippen molar-refractivity contribution in [3.63, 3.8) is 0 Å². The van der Waals surface area contributed by atoms with Crippen molar-refractivity contribution in [2.75, 3.05) is 11.1 Å². The molecule has 1 unspecified atom stereocenters. The lowest BCUT2D eigenvalue weighted by Crippen LogP contribution is -1.99. The van der Waals surface area contributed by atoms with Gasteiger partial charge >= 0.3 is 0 Å². The van der Waals surface area contributed by atoms with Crippen LogP contribution in [-0.4, -0.2) is 16.0 Å². The normalized spacial score (nSPS) is 12.4. The van der Waals surface area contributed by atoms with E-state index < -0.39 is 0 Å². The highest BCUT2D eigenvalue weighted by Crippen LogP contribution is 2.30. The minimum absolute atomic E-state index is 0.198. The highest BCUT2D eigenvalue weighted by molar-refractivity contribution is 9.09. The third-order valence-corrected chi connectivity index (χ3v) is 4.35. The van der Waals surface area contributed by atoms with Gasteiger partial charge in [-0.3, -0.25) is 10.1 Å². The summed E-state index contributed by atoms with van der Waals surface area (Å²) in [6, 6.07) is 6.86. The summed E-state index contributed by atoms with van der Waals surface area (Å²) < 4.78 is 0. The fraction of sp³-hybridized carbons (Fsp3) is 0.400. The molecule has 0 saturated carbocycles. The zero-order chi connectivity index (χ0) is 11.3. The molecular weight excluding hydrogens is 278 g/mol. The second-order valence-electron chi connectivity index (χ2n) is 3.30. The van der Waals surface area contributed by atoms with Gasteiger partial charge in [0.1, 0.15) is 0 Å². The largest absolute Gasteiger partial charge is 0.282 e. The van der Waals surface area contributed by atoms with E-state index in [0.717, 1.165) is 16.0 Å². The van der Waals surface area contributed by atoms with Crippen LogP contribution in [0.4, 0.5) is 5.69 Å². The minimum Gasteiger partial charge on any atom is -0.258 e. The summed E-state index contributed by atoms with van der Waals surface area (Å²) in [5.41, 5.74) is 0.198. The summed E-state index contributed by atoms with van der Waals surface area (Å²) in [7, 11) is 0. The van der Waals surface area contributed by atoms with E-state index in [1.165, 1.54) is 11.8 Å². The Labute approximate surface area is 102 Å². The number of nitro benzene ring substituents is 1. The van der Waals surface area contributed by atoms with E-state index in [1.54, 1.807) is 18.2 Å². The molecule has 0 aliphatic heterocycles. The van der Waals surface area contributed by atoms with E-state index in [-0.39, 0.29) is 10.6 Å². The molecule has 3 nitrogen and oxygen atoms in total.